The second kappa shape index (κ2) is 7.86. The summed E-state index contributed by atoms with van der Waals surface area (Å²) in [6, 6.07) is 9.68. The van der Waals surface area contributed by atoms with Crippen molar-refractivity contribution in [2.45, 2.75) is 37.2 Å². The van der Waals surface area contributed by atoms with Crippen LogP contribution in [0.4, 0.5) is 0 Å². The third-order valence-corrected chi connectivity index (χ3v) is 6.75. The molecule has 0 spiro atoms. The summed E-state index contributed by atoms with van der Waals surface area (Å²) in [5.74, 6) is 0.830. The molecule has 2 aromatic heterocycles. The van der Waals surface area contributed by atoms with Crippen LogP contribution in [-0.2, 0) is 12.3 Å². The van der Waals surface area contributed by atoms with Crippen LogP contribution in [0.3, 0.4) is 0 Å². The fourth-order valence-electron chi connectivity index (χ4n) is 3.31. The lowest BCUT2D eigenvalue weighted by atomic mass is 10.1. The van der Waals surface area contributed by atoms with E-state index in [1.807, 2.05) is 47.5 Å². The first-order valence-electron chi connectivity index (χ1n) is 9.16. The zero-order valence-corrected chi connectivity index (χ0v) is 16.8. The van der Waals surface area contributed by atoms with Gasteiger partial charge in [-0.2, -0.15) is 0 Å². The first kappa shape index (κ1) is 18.3. The summed E-state index contributed by atoms with van der Waals surface area (Å²) in [5, 5.41) is 2.65. The quantitative estimate of drug-likeness (QED) is 0.481. The molecule has 0 bridgehead atoms. The number of thioether (sulfide) groups is 1. The van der Waals surface area contributed by atoms with E-state index in [1.165, 1.54) is 11.3 Å². The van der Waals surface area contributed by atoms with Crippen LogP contribution in [0.15, 0.2) is 45.7 Å². The Morgan fingerprint density at radius 2 is 1.93 bits per heavy atom. The maximum atomic E-state index is 12.6. The van der Waals surface area contributed by atoms with Gasteiger partial charge in [0.25, 0.3) is 11.5 Å². The molecule has 0 saturated carbocycles. The minimum absolute atomic E-state index is 0.0338. The van der Waals surface area contributed by atoms with E-state index in [9.17, 15) is 9.59 Å². The minimum atomic E-state index is 0.0338. The highest BCUT2D eigenvalue weighted by atomic mass is 32.2. The molecule has 1 saturated heterocycles. The molecule has 140 valence electrons. The molecule has 3 heterocycles. The van der Waals surface area contributed by atoms with Crippen LogP contribution >= 0.6 is 23.1 Å². The van der Waals surface area contributed by atoms with Crippen LogP contribution in [0.25, 0.3) is 10.2 Å². The Morgan fingerprint density at radius 1 is 1.19 bits per heavy atom. The van der Waals surface area contributed by atoms with Crippen LogP contribution in [0.2, 0.25) is 0 Å². The lowest BCUT2D eigenvalue weighted by Gasteiger charge is -2.15. The average Bonchev–Trinajstić information content (AvgIpc) is 3.38. The van der Waals surface area contributed by atoms with Gasteiger partial charge in [-0.05, 0) is 48.9 Å². The number of likely N-dealkylation sites (tertiary alicyclic amines) is 1. The highest BCUT2D eigenvalue weighted by molar-refractivity contribution is 7.98. The van der Waals surface area contributed by atoms with E-state index in [1.54, 1.807) is 16.3 Å². The van der Waals surface area contributed by atoms with Gasteiger partial charge in [0.05, 0.1) is 5.52 Å². The Kier molecular flexibility index (Phi) is 5.31. The number of fused-ring (bicyclic) bond motifs is 1. The number of hydrogen-bond donors (Lipinski definition) is 0. The van der Waals surface area contributed by atoms with Crippen LogP contribution < -0.4 is 5.56 Å². The molecule has 1 aromatic carbocycles. The van der Waals surface area contributed by atoms with Gasteiger partial charge in [0.2, 0.25) is 0 Å². The van der Waals surface area contributed by atoms with Crippen LogP contribution in [-0.4, -0.2) is 33.4 Å². The molecule has 1 aliphatic heterocycles. The first-order chi connectivity index (χ1) is 13.2. The molecule has 0 N–H and O–H groups in total. The van der Waals surface area contributed by atoms with Crippen molar-refractivity contribution in [3.05, 3.63) is 57.2 Å². The molecule has 0 radical (unpaired) electrons. The van der Waals surface area contributed by atoms with Crippen molar-refractivity contribution in [3.8, 4) is 0 Å². The van der Waals surface area contributed by atoms with E-state index >= 15 is 0 Å². The fourth-order valence-corrected chi connectivity index (χ4v) is 5.10. The Labute approximate surface area is 166 Å². The van der Waals surface area contributed by atoms with Gasteiger partial charge in [0, 0.05) is 31.0 Å². The molecule has 4 rings (SSSR count). The van der Waals surface area contributed by atoms with Gasteiger partial charge in [-0.15, -0.1) is 11.3 Å². The van der Waals surface area contributed by atoms with E-state index in [-0.39, 0.29) is 11.5 Å². The van der Waals surface area contributed by atoms with Crippen molar-refractivity contribution in [1.29, 1.82) is 0 Å². The molecule has 0 unspecified atom stereocenters. The van der Waals surface area contributed by atoms with Crippen molar-refractivity contribution < 1.29 is 4.79 Å². The van der Waals surface area contributed by atoms with Gasteiger partial charge in [-0.1, -0.05) is 23.9 Å². The third-order valence-electron chi connectivity index (χ3n) is 4.81. The fraction of sp³-hybridized carbons (Fsp3) is 0.350. The normalized spacial score (nSPS) is 14.2. The number of carbonyl (C=O) groups is 1. The van der Waals surface area contributed by atoms with E-state index in [4.69, 9.17) is 0 Å². The number of nitrogens with zero attached hydrogens (tertiary/aromatic N) is 3. The third kappa shape index (κ3) is 3.66. The van der Waals surface area contributed by atoms with Crippen LogP contribution in [0.1, 0.15) is 35.7 Å². The van der Waals surface area contributed by atoms with Gasteiger partial charge in [0.15, 0.2) is 5.16 Å². The predicted molar refractivity (Wildman–Crippen MR) is 111 cm³/mol. The summed E-state index contributed by atoms with van der Waals surface area (Å²) in [4.78, 5) is 31.6. The summed E-state index contributed by atoms with van der Waals surface area (Å²) in [6.45, 7) is 4.29. The molecule has 0 atom stereocenters. The van der Waals surface area contributed by atoms with Crippen molar-refractivity contribution in [1.82, 2.24) is 14.5 Å². The van der Waals surface area contributed by atoms with E-state index in [0.29, 0.717) is 17.0 Å². The number of amides is 1. The Hall–Kier alpha value is -2.12. The SMILES string of the molecule is CCn1c(SCc2ccc(C(=O)N3CCCC3)cc2)nc2ccsc2c1=O. The molecule has 27 heavy (non-hydrogen) atoms. The molecule has 0 aliphatic carbocycles. The zero-order valence-electron chi connectivity index (χ0n) is 15.2. The number of benzene rings is 1. The summed E-state index contributed by atoms with van der Waals surface area (Å²) in [6.07, 6.45) is 2.20. The maximum absolute atomic E-state index is 12.6. The highest BCUT2D eigenvalue weighted by Crippen LogP contribution is 2.24. The number of thiophene rings is 1. The summed E-state index contributed by atoms with van der Waals surface area (Å²) >= 11 is 3.00. The molecule has 3 aromatic rings. The Balaban J connectivity index is 1.49. The van der Waals surface area contributed by atoms with E-state index in [2.05, 4.69) is 4.98 Å². The standard InChI is InChI=1S/C20H21N3O2S2/c1-2-23-19(25)17-16(9-12-26-17)21-20(23)27-13-14-5-7-15(8-6-14)18(24)22-10-3-4-11-22/h5-9,12H,2-4,10-11,13H2,1H3. The lowest BCUT2D eigenvalue weighted by Crippen LogP contribution is -2.27. The van der Waals surface area contributed by atoms with Gasteiger partial charge in [-0.3, -0.25) is 14.2 Å². The van der Waals surface area contributed by atoms with Crippen molar-refractivity contribution >= 4 is 39.2 Å². The minimum Gasteiger partial charge on any atom is -0.339 e. The van der Waals surface area contributed by atoms with Gasteiger partial charge >= 0.3 is 0 Å². The van der Waals surface area contributed by atoms with E-state index in [0.717, 1.165) is 47.7 Å². The molecule has 1 aliphatic rings. The highest BCUT2D eigenvalue weighted by Gasteiger charge is 2.19. The van der Waals surface area contributed by atoms with Crippen molar-refractivity contribution in [2.24, 2.45) is 0 Å². The smallest absolute Gasteiger partial charge is 0.272 e. The monoisotopic (exact) mass is 399 g/mol. The van der Waals surface area contributed by atoms with Gasteiger partial charge in [-0.25, -0.2) is 4.98 Å². The van der Waals surface area contributed by atoms with Gasteiger partial charge < -0.3 is 4.90 Å². The summed E-state index contributed by atoms with van der Waals surface area (Å²) < 4.78 is 2.44. The lowest BCUT2D eigenvalue weighted by molar-refractivity contribution is 0.0793. The molecule has 1 amide bonds. The molecule has 5 nitrogen and oxygen atoms in total. The molecule has 1 fully saturated rings. The van der Waals surface area contributed by atoms with Gasteiger partial charge in [0.1, 0.15) is 4.70 Å². The van der Waals surface area contributed by atoms with Crippen LogP contribution in [0, 0.1) is 0 Å². The number of aromatic nitrogens is 2. The second-order valence-corrected chi connectivity index (χ2v) is 8.42. The van der Waals surface area contributed by atoms with Crippen molar-refractivity contribution in [2.75, 3.05) is 13.1 Å². The number of carbonyl (C=O) groups excluding carboxylic acids is 1. The molecular weight excluding hydrogens is 378 g/mol. The zero-order chi connectivity index (χ0) is 18.8. The summed E-state index contributed by atoms with van der Waals surface area (Å²) in [7, 11) is 0. The number of rotatable bonds is 5. The largest absolute Gasteiger partial charge is 0.339 e. The molecular formula is C20H21N3O2S2. The second-order valence-electron chi connectivity index (χ2n) is 6.56. The Morgan fingerprint density at radius 3 is 2.63 bits per heavy atom. The van der Waals surface area contributed by atoms with Crippen molar-refractivity contribution in [3.63, 3.8) is 0 Å². The Bertz CT molecular complexity index is 1020. The predicted octanol–water partition coefficient (Wildman–Crippen LogP) is 4.01. The topological polar surface area (TPSA) is 55.2 Å². The molecule has 7 heteroatoms. The average molecular weight is 400 g/mol. The van der Waals surface area contributed by atoms with Crippen LogP contribution in [0.5, 0.6) is 0 Å². The van der Waals surface area contributed by atoms with E-state index < -0.39 is 0 Å². The first-order valence-corrected chi connectivity index (χ1v) is 11.0. The number of hydrogen-bond acceptors (Lipinski definition) is 5. The maximum Gasteiger partial charge on any atom is 0.272 e. The summed E-state index contributed by atoms with van der Waals surface area (Å²) in [5.41, 5.74) is 2.66.